The van der Waals surface area contributed by atoms with Crippen LogP contribution in [0.25, 0.3) is 10.9 Å². The maximum Gasteiger partial charge on any atom is 0.251 e. The second-order valence-corrected chi connectivity index (χ2v) is 6.85. The number of nitrogens with zero attached hydrogens (tertiary/aromatic N) is 3. The summed E-state index contributed by atoms with van der Waals surface area (Å²) in [5.74, 6) is -0.987. The van der Waals surface area contributed by atoms with Gasteiger partial charge in [-0.25, -0.2) is 14.4 Å². The molecule has 3 rings (SSSR count). The average Bonchev–Trinajstić information content (AvgIpc) is 2.59. The topological polar surface area (TPSA) is 116 Å². The summed E-state index contributed by atoms with van der Waals surface area (Å²) in [6, 6.07) is 2.56. The van der Waals surface area contributed by atoms with Crippen LogP contribution in [0.4, 0.5) is 10.2 Å². The maximum absolute atomic E-state index is 14.2. The highest BCUT2D eigenvalue weighted by molar-refractivity contribution is 7.88. The van der Waals surface area contributed by atoms with Crippen LogP contribution in [0.1, 0.15) is 10.4 Å². The van der Waals surface area contributed by atoms with Gasteiger partial charge < -0.3 is 19.9 Å². The fraction of sp³-hybridized carbons (Fsp3) is 0.400. The Hall–Kier alpha value is -2.01. The van der Waals surface area contributed by atoms with E-state index in [1.54, 1.807) is 6.26 Å². The molecule has 2 unspecified atom stereocenters. The third-order valence-electron chi connectivity index (χ3n) is 3.92. The molecule has 0 radical (unpaired) electrons. The molecule has 1 aliphatic rings. The number of carbonyl (C=O) groups is 1. The minimum absolute atomic E-state index is 0.169. The van der Waals surface area contributed by atoms with E-state index in [-0.39, 0.29) is 11.7 Å². The maximum atomic E-state index is 14.2. The predicted octanol–water partition coefficient (Wildman–Crippen LogP) is -0.0439. The molecule has 3 N–H and O–H groups in total. The number of nitrogens with two attached hydrogens (primary N) is 1. The highest BCUT2D eigenvalue weighted by Gasteiger charge is 2.24. The molecule has 1 saturated heterocycles. The Labute approximate surface area is 146 Å². The fourth-order valence-electron chi connectivity index (χ4n) is 2.75. The number of hydrogen-bond donors (Lipinski definition) is 2. The van der Waals surface area contributed by atoms with Gasteiger partial charge in [-0.1, -0.05) is 0 Å². The number of hydrogen-bond acceptors (Lipinski definition) is 7. The summed E-state index contributed by atoms with van der Waals surface area (Å²) in [6.45, 7) is 1.99. The number of anilines is 1. The summed E-state index contributed by atoms with van der Waals surface area (Å²) in [6.07, 6.45) is 2.75. The summed E-state index contributed by atoms with van der Waals surface area (Å²) >= 11 is -1.12. The van der Waals surface area contributed by atoms with Gasteiger partial charge in [-0.15, -0.1) is 4.72 Å². The molecule has 0 bridgehead atoms. The summed E-state index contributed by atoms with van der Waals surface area (Å²) in [5, 5.41) is 0.498. The van der Waals surface area contributed by atoms with Crippen molar-refractivity contribution < 1.29 is 18.5 Å². The Kier molecular flexibility index (Phi) is 5.33. The number of aromatic nitrogens is 2. The molecule has 1 aromatic heterocycles. The van der Waals surface area contributed by atoms with E-state index in [1.165, 1.54) is 18.5 Å². The molecule has 1 amide bonds. The lowest BCUT2D eigenvalue weighted by molar-refractivity contribution is 0.0441. The van der Waals surface area contributed by atoms with E-state index in [9.17, 15) is 13.7 Å². The van der Waals surface area contributed by atoms with Gasteiger partial charge in [0.25, 0.3) is 5.91 Å². The summed E-state index contributed by atoms with van der Waals surface area (Å²) in [4.78, 5) is 21.6. The SMILES string of the molecule is C[S+]([O-])NCC1CN(c2ncnc3cc(C(N)=O)c(F)cc23)CCO1. The number of nitrogens with one attached hydrogen (secondary N) is 1. The smallest absolute Gasteiger partial charge is 0.251 e. The summed E-state index contributed by atoms with van der Waals surface area (Å²) in [5.41, 5.74) is 5.42. The third-order valence-corrected chi connectivity index (χ3v) is 4.49. The minimum Gasteiger partial charge on any atom is -0.598 e. The normalized spacial score (nSPS) is 19.2. The number of halogens is 1. The van der Waals surface area contributed by atoms with E-state index < -0.39 is 23.1 Å². The van der Waals surface area contributed by atoms with Gasteiger partial charge in [-0.2, -0.15) is 0 Å². The molecule has 1 aliphatic heterocycles. The van der Waals surface area contributed by atoms with Gasteiger partial charge >= 0.3 is 0 Å². The van der Waals surface area contributed by atoms with Crippen molar-refractivity contribution in [2.75, 3.05) is 37.4 Å². The van der Waals surface area contributed by atoms with Gasteiger partial charge in [-0.3, -0.25) is 4.79 Å². The molecule has 10 heteroatoms. The monoisotopic (exact) mass is 367 g/mol. The van der Waals surface area contributed by atoms with Crippen LogP contribution in [0.5, 0.6) is 0 Å². The largest absolute Gasteiger partial charge is 0.598 e. The van der Waals surface area contributed by atoms with Crippen LogP contribution in [0, 0.1) is 5.82 Å². The number of primary amides is 1. The summed E-state index contributed by atoms with van der Waals surface area (Å²) < 4.78 is 33.8. The van der Waals surface area contributed by atoms with E-state index >= 15 is 0 Å². The van der Waals surface area contributed by atoms with Crippen molar-refractivity contribution >= 4 is 34.0 Å². The van der Waals surface area contributed by atoms with Crippen LogP contribution in [-0.2, 0) is 16.1 Å². The van der Waals surface area contributed by atoms with Crippen LogP contribution in [0.3, 0.4) is 0 Å². The number of carbonyl (C=O) groups excluding carboxylic acids is 1. The molecular weight excluding hydrogens is 349 g/mol. The molecule has 1 aromatic carbocycles. The molecule has 134 valence electrons. The molecule has 2 atom stereocenters. The average molecular weight is 367 g/mol. The van der Waals surface area contributed by atoms with Crippen molar-refractivity contribution in [2.24, 2.45) is 5.73 Å². The van der Waals surface area contributed by atoms with Gasteiger partial charge in [0, 0.05) is 29.8 Å². The number of benzene rings is 1. The van der Waals surface area contributed by atoms with E-state index in [4.69, 9.17) is 10.5 Å². The van der Waals surface area contributed by atoms with Gasteiger partial charge in [0.05, 0.1) is 30.3 Å². The lowest BCUT2D eigenvalue weighted by atomic mass is 10.1. The molecule has 8 nitrogen and oxygen atoms in total. The second kappa shape index (κ2) is 7.48. The van der Waals surface area contributed by atoms with E-state index in [1.807, 2.05) is 4.90 Å². The number of ether oxygens (including phenoxy) is 1. The Balaban J connectivity index is 1.90. The van der Waals surface area contributed by atoms with Gasteiger partial charge in [0.2, 0.25) is 0 Å². The zero-order chi connectivity index (χ0) is 18.0. The van der Waals surface area contributed by atoms with Gasteiger partial charge in [-0.05, 0) is 12.1 Å². The fourth-order valence-corrected chi connectivity index (χ4v) is 3.17. The van der Waals surface area contributed by atoms with Crippen molar-refractivity contribution in [3.63, 3.8) is 0 Å². The zero-order valence-electron chi connectivity index (χ0n) is 13.6. The van der Waals surface area contributed by atoms with Crippen LogP contribution in [0.15, 0.2) is 18.5 Å². The van der Waals surface area contributed by atoms with E-state index in [0.717, 1.165) is 0 Å². The number of morpholine rings is 1. The lowest BCUT2D eigenvalue weighted by Crippen LogP contribution is -2.47. The zero-order valence-corrected chi connectivity index (χ0v) is 14.4. The van der Waals surface area contributed by atoms with Crippen molar-refractivity contribution in [1.82, 2.24) is 14.7 Å². The molecule has 0 spiro atoms. The molecule has 1 fully saturated rings. The number of fused-ring (bicyclic) bond motifs is 1. The van der Waals surface area contributed by atoms with Gasteiger partial charge in [0.1, 0.15) is 24.2 Å². The number of amides is 1. The van der Waals surface area contributed by atoms with Crippen molar-refractivity contribution in [2.45, 2.75) is 6.10 Å². The first kappa shape index (κ1) is 17.8. The quantitative estimate of drug-likeness (QED) is 0.712. The van der Waals surface area contributed by atoms with Crippen LogP contribution >= 0.6 is 0 Å². The van der Waals surface area contributed by atoms with Gasteiger partial charge in [0.15, 0.2) is 0 Å². The Morgan fingerprint density at radius 3 is 3.08 bits per heavy atom. The lowest BCUT2D eigenvalue weighted by Gasteiger charge is -2.34. The first-order valence-electron chi connectivity index (χ1n) is 7.63. The molecule has 25 heavy (non-hydrogen) atoms. The highest BCUT2D eigenvalue weighted by Crippen LogP contribution is 2.26. The minimum atomic E-state index is -1.12. The van der Waals surface area contributed by atoms with Crippen molar-refractivity contribution in [3.8, 4) is 0 Å². The molecule has 2 aromatic rings. The Morgan fingerprint density at radius 2 is 2.36 bits per heavy atom. The molecule has 2 heterocycles. The van der Waals surface area contributed by atoms with Crippen LogP contribution in [0.2, 0.25) is 0 Å². The third kappa shape index (κ3) is 3.98. The second-order valence-electron chi connectivity index (χ2n) is 5.65. The molecule has 0 aliphatic carbocycles. The van der Waals surface area contributed by atoms with Crippen LogP contribution < -0.4 is 15.4 Å². The van der Waals surface area contributed by atoms with Crippen LogP contribution in [-0.4, -0.2) is 59.0 Å². The first-order valence-corrected chi connectivity index (χ1v) is 9.19. The van der Waals surface area contributed by atoms with Crippen molar-refractivity contribution in [3.05, 3.63) is 29.8 Å². The predicted molar refractivity (Wildman–Crippen MR) is 92.0 cm³/mol. The van der Waals surface area contributed by atoms with E-state index in [0.29, 0.717) is 43.0 Å². The van der Waals surface area contributed by atoms with E-state index in [2.05, 4.69) is 14.7 Å². The molecular formula is C15H18FN5O3S. The number of rotatable bonds is 5. The highest BCUT2D eigenvalue weighted by atomic mass is 32.2. The molecule has 0 saturated carbocycles. The summed E-state index contributed by atoms with van der Waals surface area (Å²) in [7, 11) is 0. The Morgan fingerprint density at radius 1 is 1.56 bits per heavy atom. The Bertz CT molecular complexity index is 791. The van der Waals surface area contributed by atoms with Crippen molar-refractivity contribution in [1.29, 1.82) is 0 Å². The first-order chi connectivity index (χ1) is 12.0. The standard InChI is InChI=1S/C15H18FN5O3S/c1-25(23)20-6-9-7-21(2-3-24-9)15-11-4-12(16)10(14(17)22)5-13(11)18-8-19-15/h4-5,8-9,20H,2-3,6-7H2,1H3,(H2,17,22).